The molecule has 162 valence electrons. The van der Waals surface area contributed by atoms with E-state index in [4.69, 9.17) is 4.74 Å². The van der Waals surface area contributed by atoms with Crippen molar-refractivity contribution in [3.63, 3.8) is 0 Å². The van der Waals surface area contributed by atoms with Gasteiger partial charge in [-0.05, 0) is 43.8 Å². The summed E-state index contributed by atoms with van der Waals surface area (Å²) in [4.78, 5) is 15.0. The van der Waals surface area contributed by atoms with Gasteiger partial charge in [-0.3, -0.25) is 0 Å². The van der Waals surface area contributed by atoms with Crippen LogP contribution in [-0.4, -0.2) is 37.7 Å². The first-order valence-electron chi connectivity index (χ1n) is 11.2. The minimum absolute atomic E-state index is 0.252. The second kappa shape index (κ2) is 9.96. The van der Waals surface area contributed by atoms with Crippen molar-refractivity contribution in [2.45, 2.75) is 88.8 Å². The van der Waals surface area contributed by atoms with E-state index in [1.807, 2.05) is 17.9 Å². The summed E-state index contributed by atoms with van der Waals surface area (Å²) in [5, 5.41) is -0.272. The minimum atomic E-state index is -3.32. The lowest BCUT2D eigenvalue weighted by atomic mass is 9.84. The number of rotatable bonds is 7. The van der Waals surface area contributed by atoms with Crippen molar-refractivity contribution in [2.24, 2.45) is 5.92 Å². The molecule has 3 aliphatic rings. The predicted octanol–water partition coefficient (Wildman–Crippen LogP) is 4.86. The Kier molecular flexibility index (Phi) is 7.60. The molecule has 29 heavy (non-hydrogen) atoms. The fraction of sp³-hybridized carbons (Fsp3) is 0.696. The number of hydrogen-bond acceptors (Lipinski definition) is 5. The van der Waals surface area contributed by atoms with Gasteiger partial charge in [-0.15, -0.1) is 0 Å². The number of carbonyl (C=O) groups excluding carboxylic acids is 1. The predicted molar refractivity (Wildman–Crippen MR) is 116 cm³/mol. The van der Waals surface area contributed by atoms with Crippen molar-refractivity contribution in [3.8, 4) is 0 Å². The summed E-state index contributed by atoms with van der Waals surface area (Å²) in [5.41, 5.74) is 0.790. The zero-order chi connectivity index (χ0) is 20.9. The van der Waals surface area contributed by atoms with Crippen LogP contribution in [0, 0.1) is 5.92 Å². The zero-order valence-electron chi connectivity index (χ0n) is 17.8. The van der Waals surface area contributed by atoms with Crippen LogP contribution in [0.2, 0.25) is 0 Å². The maximum absolute atomic E-state index is 13.1. The number of ether oxygens (including phenoxy) is 1. The molecule has 1 heterocycles. The highest BCUT2D eigenvalue weighted by molar-refractivity contribution is 7.96. The van der Waals surface area contributed by atoms with Crippen LogP contribution in [-0.2, 0) is 19.4 Å². The van der Waals surface area contributed by atoms with Crippen molar-refractivity contribution in [3.05, 3.63) is 35.0 Å². The van der Waals surface area contributed by atoms with Gasteiger partial charge in [-0.2, -0.15) is 0 Å². The summed E-state index contributed by atoms with van der Waals surface area (Å²) in [5.74, 6) is 0.259. The fourth-order valence-corrected chi connectivity index (χ4v) is 6.81. The monoisotopic (exact) mass is 421 g/mol. The van der Waals surface area contributed by atoms with Crippen molar-refractivity contribution in [1.82, 2.24) is 4.90 Å². The van der Waals surface area contributed by atoms with Crippen LogP contribution in [0.1, 0.15) is 77.6 Å². The lowest BCUT2D eigenvalue weighted by molar-refractivity contribution is -0.146. The van der Waals surface area contributed by atoms with E-state index >= 15 is 0 Å². The highest BCUT2D eigenvalue weighted by atomic mass is 32.2. The van der Waals surface area contributed by atoms with E-state index in [9.17, 15) is 13.2 Å². The Bertz CT molecular complexity index is 769. The van der Waals surface area contributed by atoms with Crippen LogP contribution in [0.5, 0.6) is 0 Å². The lowest BCUT2D eigenvalue weighted by Gasteiger charge is -2.35. The molecule has 1 unspecified atom stereocenters. The summed E-state index contributed by atoms with van der Waals surface area (Å²) in [7, 11) is -1.90. The van der Waals surface area contributed by atoms with Gasteiger partial charge in [0.05, 0.1) is 17.3 Å². The van der Waals surface area contributed by atoms with Crippen molar-refractivity contribution >= 4 is 15.8 Å². The Balaban J connectivity index is 1.85. The number of sulfone groups is 1. The van der Waals surface area contributed by atoms with E-state index in [1.165, 1.54) is 26.4 Å². The molecule has 0 aromatic rings. The molecule has 0 bridgehead atoms. The molecule has 1 aliphatic heterocycles. The number of hydrogen-bond donors (Lipinski definition) is 0. The van der Waals surface area contributed by atoms with Gasteiger partial charge in [-0.25, -0.2) is 13.2 Å². The highest BCUT2D eigenvalue weighted by Crippen LogP contribution is 2.35. The first kappa shape index (κ1) is 22.1. The van der Waals surface area contributed by atoms with E-state index in [1.54, 1.807) is 18.4 Å². The Morgan fingerprint density at radius 2 is 1.83 bits per heavy atom. The molecule has 0 radical (unpaired) electrons. The van der Waals surface area contributed by atoms with Gasteiger partial charge in [0.15, 0.2) is 9.84 Å². The number of allylic oxidation sites excluding steroid dienone is 3. The molecule has 6 heteroatoms. The molecule has 5 nitrogen and oxygen atoms in total. The van der Waals surface area contributed by atoms with Gasteiger partial charge >= 0.3 is 5.97 Å². The van der Waals surface area contributed by atoms with E-state index in [2.05, 4.69) is 0 Å². The first-order valence-corrected chi connectivity index (χ1v) is 12.7. The molecule has 1 atom stereocenters. The molecular weight excluding hydrogens is 386 g/mol. The fourth-order valence-electron chi connectivity index (χ4n) is 4.93. The van der Waals surface area contributed by atoms with Gasteiger partial charge in [-0.1, -0.05) is 57.9 Å². The van der Waals surface area contributed by atoms with Crippen LogP contribution in [0.3, 0.4) is 0 Å². The van der Waals surface area contributed by atoms with Crippen LogP contribution >= 0.6 is 0 Å². The van der Waals surface area contributed by atoms with Crippen molar-refractivity contribution < 1.29 is 17.9 Å². The third-order valence-electron chi connectivity index (χ3n) is 6.56. The maximum Gasteiger partial charge on any atom is 0.328 e. The minimum Gasteiger partial charge on any atom is -0.467 e. The molecule has 2 saturated carbocycles. The lowest BCUT2D eigenvalue weighted by Crippen LogP contribution is -2.40. The topological polar surface area (TPSA) is 63.7 Å². The second-order valence-electron chi connectivity index (χ2n) is 8.54. The molecule has 0 saturated heterocycles. The SMILES string of the molecule is CC/C=C1\C=C(S(=O)(=O)C2CCCC2)C=CN1C(CC1CCCCC1)C(=O)OC. The average molecular weight is 422 g/mol. The third kappa shape index (κ3) is 5.14. The number of esters is 1. The van der Waals surface area contributed by atoms with Crippen LogP contribution in [0.25, 0.3) is 0 Å². The average Bonchev–Trinajstić information content (AvgIpc) is 3.28. The summed E-state index contributed by atoms with van der Waals surface area (Å²) in [6.07, 6.45) is 18.2. The van der Waals surface area contributed by atoms with E-state index in [0.29, 0.717) is 10.8 Å². The van der Waals surface area contributed by atoms with E-state index < -0.39 is 15.9 Å². The van der Waals surface area contributed by atoms with Crippen molar-refractivity contribution in [1.29, 1.82) is 0 Å². The quantitative estimate of drug-likeness (QED) is 0.549. The molecule has 0 aromatic carbocycles. The molecular formula is C23H35NO4S. The van der Waals surface area contributed by atoms with Gasteiger partial charge in [0.2, 0.25) is 0 Å². The molecule has 0 aromatic heterocycles. The first-order chi connectivity index (χ1) is 14.0. The molecule has 0 N–H and O–H groups in total. The molecule has 2 aliphatic carbocycles. The number of methoxy groups -OCH3 is 1. The third-order valence-corrected chi connectivity index (χ3v) is 8.82. The zero-order valence-corrected chi connectivity index (χ0v) is 18.6. The summed E-state index contributed by atoms with van der Waals surface area (Å²) >= 11 is 0. The Morgan fingerprint density at radius 3 is 2.45 bits per heavy atom. The normalized spacial score (nSPS) is 24.0. The largest absolute Gasteiger partial charge is 0.467 e. The van der Waals surface area contributed by atoms with Crippen LogP contribution in [0.4, 0.5) is 0 Å². The molecule has 0 amide bonds. The van der Waals surface area contributed by atoms with E-state index in [0.717, 1.165) is 57.1 Å². The smallest absolute Gasteiger partial charge is 0.328 e. The standard InChI is InChI=1S/C23H35NO4S/c1-3-9-19-17-21(29(26,27)20-12-7-8-13-20)14-15-24(19)22(23(25)28-2)16-18-10-5-4-6-11-18/h9,14-15,17-18,20,22H,3-8,10-13,16H2,1-2H3/b19-9+. The number of carbonyl (C=O) groups is 1. The molecule has 0 spiro atoms. The maximum atomic E-state index is 13.1. The van der Waals surface area contributed by atoms with Gasteiger partial charge in [0, 0.05) is 11.9 Å². The van der Waals surface area contributed by atoms with Gasteiger partial charge in [0.1, 0.15) is 6.04 Å². The second-order valence-corrected chi connectivity index (χ2v) is 10.8. The molecule has 2 fully saturated rings. The van der Waals surface area contributed by atoms with Crippen LogP contribution < -0.4 is 0 Å². The van der Waals surface area contributed by atoms with Crippen LogP contribution in [0.15, 0.2) is 35.0 Å². The van der Waals surface area contributed by atoms with Gasteiger partial charge in [0.25, 0.3) is 0 Å². The van der Waals surface area contributed by atoms with E-state index in [-0.39, 0.29) is 11.2 Å². The highest BCUT2D eigenvalue weighted by Gasteiger charge is 2.35. The summed E-state index contributed by atoms with van der Waals surface area (Å²) in [6.45, 7) is 2.02. The van der Waals surface area contributed by atoms with Gasteiger partial charge < -0.3 is 9.64 Å². The Labute approximate surface area is 175 Å². The number of nitrogens with zero attached hydrogens (tertiary/aromatic N) is 1. The van der Waals surface area contributed by atoms with Crippen molar-refractivity contribution in [2.75, 3.05) is 7.11 Å². The Hall–Kier alpha value is -1.56. The molecule has 3 rings (SSSR count). The summed E-state index contributed by atoms with van der Waals surface area (Å²) in [6, 6.07) is -0.413. The Morgan fingerprint density at radius 1 is 1.17 bits per heavy atom. The summed E-state index contributed by atoms with van der Waals surface area (Å²) < 4.78 is 31.3.